The zero-order valence-corrected chi connectivity index (χ0v) is 25.6. The van der Waals surface area contributed by atoms with Gasteiger partial charge in [-0.1, -0.05) is 13.0 Å². The number of nitrogens with zero attached hydrogens (tertiary/aromatic N) is 1. The molecule has 1 aromatic carbocycles. The monoisotopic (exact) mass is 560 g/mol. The maximum Gasteiger partial charge on any atom is 0.324 e. The molecule has 1 aromatic rings. The predicted molar refractivity (Wildman–Crippen MR) is 151 cm³/mol. The molecule has 0 radical (unpaired) electrons. The van der Waals surface area contributed by atoms with E-state index in [2.05, 4.69) is 24.2 Å². The van der Waals surface area contributed by atoms with E-state index in [1.54, 1.807) is 54.7 Å². The Labute approximate surface area is 238 Å². The molecule has 1 saturated heterocycles. The van der Waals surface area contributed by atoms with E-state index in [0.29, 0.717) is 25.7 Å². The number of piperidine rings is 1. The molecule has 2 bridgehead atoms. The number of likely N-dealkylation sites (N-methyl/N-ethyl adjacent to an activating group) is 1. The number of methoxy groups -OCH3 is 1. The van der Waals surface area contributed by atoms with Gasteiger partial charge >= 0.3 is 11.9 Å². The largest absolute Gasteiger partial charge is 0.504 e. The molecule has 1 aliphatic heterocycles. The van der Waals surface area contributed by atoms with E-state index >= 15 is 0 Å². The van der Waals surface area contributed by atoms with Crippen LogP contribution in [-0.2, 0) is 35.6 Å². The first-order valence-corrected chi connectivity index (χ1v) is 14.5. The quantitative estimate of drug-likeness (QED) is 0.353. The molecule has 0 amide bonds. The average Bonchev–Trinajstić information content (AvgIpc) is 2.82. The third-order valence-electron chi connectivity index (χ3n) is 9.26. The molecule has 3 aliphatic rings. The Balaban J connectivity index is 1.75. The molecule has 4 rings (SSSR count). The number of ether oxygens (including phenoxy) is 3. The summed E-state index contributed by atoms with van der Waals surface area (Å²) in [5, 5.41) is 25.4. The maximum atomic E-state index is 13.4. The number of esters is 2. The Morgan fingerprint density at radius 1 is 1.10 bits per heavy atom. The number of likely N-dealkylation sites (tertiary alicyclic amines) is 1. The van der Waals surface area contributed by atoms with Crippen molar-refractivity contribution in [3.63, 3.8) is 0 Å². The third-order valence-corrected chi connectivity index (χ3v) is 9.26. The van der Waals surface area contributed by atoms with Gasteiger partial charge in [-0.15, -0.1) is 0 Å². The summed E-state index contributed by atoms with van der Waals surface area (Å²) < 4.78 is 17.8. The fourth-order valence-corrected chi connectivity index (χ4v) is 7.76. The molecule has 2 unspecified atom stereocenters. The Hall–Kier alpha value is -2.36. The number of phenolic OH excluding ortho intramolecular Hbond substituents is 2. The van der Waals surface area contributed by atoms with Crippen molar-refractivity contribution >= 4 is 11.9 Å². The molecule has 1 saturated carbocycles. The van der Waals surface area contributed by atoms with E-state index < -0.39 is 40.2 Å². The Kier molecular flexibility index (Phi) is 8.02. The molecule has 224 valence electrons. The molecule has 0 aromatic heterocycles. The number of hydrogen-bond donors (Lipinski definition) is 3. The summed E-state index contributed by atoms with van der Waals surface area (Å²) in [5.74, 6) is -1.33. The van der Waals surface area contributed by atoms with Crippen LogP contribution in [0.2, 0.25) is 0 Å². The lowest BCUT2D eigenvalue weighted by Gasteiger charge is -2.68. The molecule has 1 heterocycles. The second-order valence-corrected chi connectivity index (χ2v) is 14.0. The van der Waals surface area contributed by atoms with E-state index in [9.17, 15) is 19.8 Å². The van der Waals surface area contributed by atoms with Crippen molar-refractivity contribution in [2.45, 2.75) is 121 Å². The molecule has 9 nitrogen and oxygen atoms in total. The van der Waals surface area contributed by atoms with Crippen LogP contribution in [-0.4, -0.2) is 82.7 Å². The summed E-state index contributed by atoms with van der Waals surface area (Å²) >= 11 is 0. The van der Waals surface area contributed by atoms with Crippen molar-refractivity contribution < 1.29 is 34.0 Å². The van der Waals surface area contributed by atoms with Gasteiger partial charge < -0.3 is 34.6 Å². The third kappa shape index (κ3) is 5.21. The van der Waals surface area contributed by atoms with Crippen molar-refractivity contribution in [1.29, 1.82) is 0 Å². The molecule has 3 N–H and O–H groups in total. The van der Waals surface area contributed by atoms with E-state index in [1.807, 2.05) is 6.07 Å². The van der Waals surface area contributed by atoms with E-state index in [1.165, 1.54) is 0 Å². The van der Waals surface area contributed by atoms with Gasteiger partial charge in [0.2, 0.25) is 0 Å². The molecule has 0 spiro atoms. The minimum Gasteiger partial charge on any atom is -0.504 e. The summed E-state index contributed by atoms with van der Waals surface area (Å²) in [4.78, 5) is 28.6. The fraction of sp³-hybridized carbons (Fsp3) is 0.742. The van der Waals surface area contributed by atoms with Crippen LogP contribution in [0.15, 0.2) is 12.1 Å². The summed E-state index contributed by atoms with van der Waals surface area (Å²) in [6.45, 7) is 13.7. The van der Waals surface area contributed by atoms with Crippen LogP contribution in [0.1, 0.15) is 85.3 Å². The van der Waals surface area contributed by atoms with Gasteiger partial charge in [0.25, 0.3) is 0 Å². The van der Waals surface area contributed by atoms with Gasteiger partial charge in [0.15, 0.2) is 11.5 Å². The first-order chi connectivity index (χ1) is 18.5. The van der Waals surface area contributed by atoms with Crippen LogP contribution in [0.3, 0.4) is 0 Å². The fourth-order valence-electron chi connectivity index (χ4n) is 7.76. The number of rotatable bonds is 6. The van der Waals surface area contributed by atoms with Crippen molar-refractivity contribution in [3.05, 3.63) is 23.3 Å². The van der Waals surface area contributed by atoms with Gasteiger partial charge in [-0.3, -0.25) is 9.59 Å². The molecular weight excluding hydrogens is 512 g/mol. The van der Waals surface area contributed by atoms with E-state index in [0.717, 1.165) is 17.7 Å². The van der Waals surface area contributed by atoms with E-state index in [4.69, 9.17) is 14.2 Å². The minimum absolute atomic E-state index is 0.0909. The highest BCUT2D eigenvalue weighted by Crippen LogP contribution is 2.64. The zero-order chi connectivity index (χ0) is 29.8. The normalized spacial score (nSPS) is 31.1. The highest BCUT2D eigenvalue weighted by atomic mass is 16.6. The Morgan fingerprint density at radius 2 is 1.75 bits per heavy atom. The highest BCUT2D eigenvalue weighted by Gasteiger charge is 2.69. The SMILES string of the molecule is CO[C@@]12CCC(N[C@@H](CC(=O)OC(C)(C)C)C(=O)OC(C)(C)C)[C@H](C)[C@@]13CCN(C)C2Cc1ccc(O)c(O)c13. The van der Waals surface area contributed by atoms with Crippen molar-refractivity contribution in [3.8, 4) is 11.5 Å². The average molecular weight is 561 g/mol. The van der Waals surface area contributed by atoms with Gasteiger partial charge in [0, 0.05) is 30.2 Å². The molecule has 9 heteroatoms. The van der Waals surface area contributed by atoms with Gasteiger partial charge in [-0.2, -0.15) is 0 Å². The number of hydrogen-bond acceptors (Lipinski definition) is 9. The first-order valence-electron chi connectivity index (χ1n) is 14.5. The number of nitrogens with one attached hydrogen (secondary N) is 1. The lowest BCUT2D eigenvalue weighted by molar-refractivity contribution is -0.202. The summed E-state index contributed by atoms with van der Waals surface area (Å²) in [7, 11) is 3.87. The summed E-state index contributed by atoms with van der Waals surface area (Å²) in [6, 6.07) is 2.46. The Morgan fingerprint density at radius 3 is 2.35 bits per heavy atom. The number of carbonyl (C=O) groups is 2. The first kappa shape index (κ1) is 30.6. The highest BCUT2D eigenvalue weighted by molar-refractivity contribution is 5.83. The topological polar surface area (TPSA) is 118 Å². The van der Waals surface area contributed by atoms with Crippen molar-refractivity contribution in [1.82, 2.24) is 10.2 Å². The maximum absolute atomic E-state index is 13.4. The Bertz CT molecular complexity index is 1140. The van der Waals surface area contributed by atoms with Gasteiger partial charge in [-0.05, 0) is 98.4 Å². The van der Waals surface area contributed by atoms with Crippen LogP contribution in [0.25, 0.3) is 0 Å². The summed E-state index contributed by atoms with van der Waals surface area (Å²) in [5.41, 5.74) is -0.875. The molecule has 2 fully saturated rings. The van der Waals surface area contributed by atoms with Gasteiger partial charge in [0.1, 0.15) is 17.2 Å². The number of carbonyl (C=O) groups excluding carboxylic acids is 2. The molecule has 2 aliphatic carbocycles. The van der Waals surface area contributed by atoms with Crippen LogP contribution < -0.4 is 5.32 Å². The lowest BCUT2D eigenvalue weighted by atomic mass is 9.45. The number of fused-ring (bicyclic) bond motifs is 1. The van der Waals surface area contributed by atoms with Gasteiger partial charge in [0.05, 0.1) is 12.0 Å². The smallest absolute Gasteiger partial charge is 0.324 e. The summed E-state index contributed by atoms with van der Waals surface area (Å²) in [6.07, 6.45) is 2.64. The van der Waals surface area contributed by atoms with Crippen LogP contribution in [0, 0.1) is 5.92 Å². The number of benzene rings is 1. The lowest BCUT2D eigenvalue weighted by Crippen LogP contribution is -2.77. The van der Waals surface area contributed by atoms with Crippen molar-refractivity contribution in [2.24, 2.45) is 5.92 Å². The zero-order valence-electron chi connectivity index (χ0n) is 25.6. The second kappa shape index (κ2) is 10.5. The van der Waals surface area contributed by atoms with Crippen LogP contribution in [0.5, 0.6) is 11.5 Å². The second-order valence-electron chi connectivity index (χ2n) is 14.0. The van der Waals surface area contributed by atoms with Gasteiger partial charge in [-0.25, -0.2) is 0 Å². The molecule has 6 atom stereocenters. The molecular formula is C31H48N2O7. The standard InChI is InChI=1S/C31H48N2O7/c1-18-20(32-21(27(37)40-29(5,6)7)17-24(35)39-28(2,3)4)12-13-31(38-9)23-16-19-10-11-22(34)26(36)25(19)30(18,31)14-15-33(23)8/h10-11,18,20-21,23,32,34,36H,12-17H2,1-9H3/t18-,20?,21-,23?,30+,31+/m0/s1. The van der Waals surface area contributed by atoms with Crippen molar-refractivity contribution in [2.75, 3.05) is 20.7 Å². The number of phenols is 2. The predicted octanol–water partition coefficient (Wildman–Crippen LogP) is 3.81. The molecule has 40 heavy (non-hydrogen) atoms. The van der Waals surface area contributed by atoms with Crippen LogP contribution in [0.4, 0.5) is 0 Å². The van der Waals surface area contributed by atoms with Crippen LogP contribution >= 0.6 is 0 Å². The number of aromatic hydroxyl groups is 2. The van der Waals surface area contributed by atoms with E-state index in [-0.39, 0.29) is 35.9 Å². The minimum atomic E-state index is -0.907.